The van der Waals surface area contributed by atoms with E-state index in [1.54, 1.807) is 12.1 Å². The molecule has 0 bridgehead atoms. The van der Waals surface area contributed by atoms with Gasteiger partial charge in [0.05, 0.1) is 25.4 Å². The number of hydrogen-bond acceptors (Lipinski definition) is 6. The fraction of sp³-hybridized carbons (Fsp3) is 0.292. The number of nitrogens with one attached hydrogen (secondary N) is 2. The van der Waals surface area contributed by atoms with Crippen LogP contribution >= 0.6 is 0 Å². The van der Waals surface area contributed by atoms with Gasteiger partial charge in [-0.1, -0.05) is 36.4 Å². The maximum Gasteiger partial charge on any atom is 0.270 e. The summed E-state index contributed by atoms with van der Waals surface area (Å²) in [6.45, 7) is 3.53. The quantitative estimate of drug-likeness (QED) is 0.505. The first-order valence-corrected chi connectivity index (χ1v) is 10.7. The van der Waals surface area contributed by atoms with E-state index in [9.17, 15) is 19.1 Å². The van der Waals surface area contributed by atoms with Crippen molar-refractivity contribution in [3.63, 3.8) is 0 Å². The second-order valence-corrected chi connectivity index (χ2v) is 7.79. The number of aliphatic hydroxyl groups excluding tert-OH is 1. The second kappa shape index (κ2) is 10.5. The minimum Gasteiger partial charge on any atom is -0.391 e. The van der Waals surface area contributed by atoms with E-state index >= 15 is 0 Å². The number of H-pyrrole nitrogens is 1. The summed E-state index contributed by atoms with van der Waals surface area (Å²) >= 11 is 0. The van der Waals surface area contributed by atoms with E-state index in [4.69, 9.17) is 4.74 Å². The van der Waals surface area contributed by atoms with Crippen molar-refractivity contribution in [2.24, 2.45) is 0 Å². The first-order valence-electron chi connectivity index (χ1n) is 10.7. The van der Waals surface area contributed by atoms with Gasteiger partial charge in [-0.25, -0.2) is 9.37 Å². The molecule has 0 unspecified atom stereocenters. The number of rotatable bonds is 7. The molecule has 0 radical (unpaired) electrons. The van der Waals surface area contributed by atoms with Gasteiger partial charge in [-0.05, 0) is 23.3 Å². The Hall–Kier alpha value is -3.40. The predicted octanol–water partition coefficient (Wildman–Crippen LogP) is 1.83. The van der Waals surface area contributed by atoms with E-state index in [0.29, 0.717) is 11.1 Å². The lowest BCUT2D eigenvalue weighted by molar-refractivity contribution is 0.0342. The molecule has 8 nitrogen and oxygen atoms in total. The highest BCUT2D eigenvalue weighted by atomic mass is 19.1. The van der Waals surface area contributed by atoms with Crippen LogP contribution < -0.4 is 10.9 Å². The van der Waals surface area contributed by atoms with Crippen LogP contribution in [0.25, 0.3) is 11.4 Å². The molecule has 1 saturated heterocycles. The molecule has 2 heterocycles. The van der Waals surface area contributed by atoms with Crippen molar-refractivity contribution in [3.05, 3.63) is 87.1 Å². The molecule has 9 heteroatoms. The first-order chi connectivity index (χ1) is 16.0. The molecule has 0 atom stereocenters. The molecule has 1 aliphatic heterocycles. The standard InChI is InChI=1S/C24H25FN4O4/c25-19-7-3-16(4-8-19)13-26-24(32)21-20(15-30)23(31)28-22(27-21)18-5-1-17(2-6-18)14-29-9-11-33-12-10-29/h1-8,30H,9-15H2,(H,26,32)(H,27,28,31). The number of aromatic amines is 1. The van der Waals surface area contributed by atoms with Crippen LogP contribution in [0.5, 0.6) is 0 Å². The summed E-state index contributed by atoms with van der Waals surface area (Å²) in [4.78, 5) is 34.5. The van der Waals surface area contributed by atoms with E-state index in [1.165, 1.54) is 12.1 Å². The number of carbonyl (C=O) groups is 1. The van der Waals surface area contributed by atoms with Crippen molar-refractivity contribution in [1.29, 1.82) is 0 Å². The second-order valence-electron chi connectivity index (χ2n) is 7.79. The molecule has 3 N–H and O–H groups in total. The third kappa shape index (κ3) is 5.70. The van der Waals surface area contributed by atoms with Gasteiger partial charge in [0.1, 0.15) is 17.3 Å². The van der Waals surface area contributed by atoms with Crippen molar-refractivity contribution in [1.82, 2.24) is 20.2 Å². The van der Waals surface area contributed by atoms with Crippen molar-refractivity contribution in [2.75, 3.05) is 26.3 Å². The van der Waals surface area contributed by atoms with Crippen LogP contribution in [0.1, 0.15) is 27.2 Å². The monoisotopic (exact) mass is 452 g/mol. The highest BCUT2D eigenvalue weighted by molar-refractivity contribution is 5.94. The number of amides is 1. The number of halogens is 1. The van der Waals surface area contributed by atoms with E-state index in [1.807, 2.05) is 24.3 Å². The Kier molecular flexibility index (Phi) is 7.23. The Balaban J connectivity index is 1.52. The fourth-order valence-electron chi connectivity index (χ4n) is 3.62. The number of benzene rings is 2. The molecule has 33 heavy (non-hydrogen) atoms. The predicted molar refractivity (Wildman–Crippen MR) is 120 cm³/mol. The average molecular weight is 452 g/mol. The van der Waals surface area contributed by atoms with Gasteiger partial charge in [0, 0.05) is 31.7 Å². The number of hydrogen-bond donors (Lipinski definition) is 3. The first kappa shape index (κ1) is 22.8. The van der Waals surface area contributed by atoms with E-state index < -0.39 is 18.1 Å². The minimum atomic E-state index is -0.625. The average Bonchev–Trinajstić information content (AvgIpc) is 2.84. The Labute approximate surface area is 190 Å². The molecule has 1 aromatic heterocycles. The fourth-order valence-corrected chi connectivity index (χ4v) is 3.62. The molecule has 0 aliphatic carbocycles. The van der Waals surface area contributed by atoms with Gasteiger partial charge >= 0.3 is 0 Å². The summed E-state index contributed by atoms with van der Waals surface area (Å²) in [5, 5.41) is 12.3. The van der Waals surface area contributed by atoms with Crippen LogP contribution in [0.2, 0.25) is 0 Å². The molecular weight excluding hydrogens is 427 g/mol. The largest absolute Gasteiger partial charge is 0.391 e. The third-order valence-corrected chi connectivity index (χ3v) is 5.49. The van der Waals surface area contributed by atoms with Gasteiger partial charge in [-0.15, -0.1) is 0 Å². The summed E-state index contributed by atoms with van der Waals surface area (Å²) in [5.41, 5.74) is 1.63. The smallest absolute Gasteiger partial charge is 0.270 e. The van der Waals surface area contributed by atoms with Crippen molar-refractivity contribution in [2.45, 2.75) is 19.7 Å². The lowest BCUT2D eigenvalue weighted by Gasteiger charge is -2.26. The Bertz CT molecular complexity index is 1160. The lowest BCUT2D eigenvalue weighted by atomic mass is 10.1. The summed E-state index contributed by atoms with van der Waals surface area (Å²) in [6, 6.07) is 13.3. The van der Waals surface area contributed by atoms with Gasteiger partial charge < -0.3 is 20.1 Å². The Morgan fingerprint density at radius 3 is 2.42 bits per heavy atom. The molecule has 172 valence electrons. The van der Waals surface area contributed by atoms with E-state index in [-0.39, 0.29) is 29.4 Å². The number of morpholine rings is 1. The molecule has 1 amide bonds. The number of carbonyl (C=O) groups excluding carboxylic acids is 1. The highest BCUT2D eigenvalue weighted by Gasteiger charge is 2.19. The molecule has 0 saturated carbocycles. The van der Waals surface area contributed by atoms with Gasteiger partial charge in [-0.2, -0.15) is 0 Å². The van der Waals surface area contributed by atoms with Gasteiger partial charge in [0.25, 0.3) is 11.5 Å². The lowest BCUT2D eigenvalue weighted by Crippen LogP contribution is -2.35. The van der Waals surface area contributed by atoms with E-state index in [2.05, 4.69) is 20.2 Å². The van der Waals surface area contributed by atoms with Gasteiger partial charge in [0.15, 0.2) is 0 Å². The maximum atomic E-state index is 13.1. The molecule has 1 aliphatic rings. The zero-order chi connectivity index (χ0) is 23.2. The number of aliphatic hydroxyl groups is 1. The molecular formula is C24H25FN4O4. The van der Waals surface area contributed by atoms with Crippen LogP contribution in [-0.2, 0) is 24.4 Å². The van der Waals surface area contributed by atoms with Crippen molar-refractivity contribution < 1.29 is 19.0 Å². The topological polar surface area (TPSA) is 108 Å². The van der Waals surface area contributed by atoms with Gasteiger partial charge in [0.2, 0.25) is 0 Å². The number of nitrogens with zero attached hydrogens (tertiary/aromatic N) is 2. The summed E-state index contributed by atoms with van der Waals surface area (Å²) < 4.78 is 18.4. The van der Waals surface area contributed by atoms with E-state index in [0.717, 1.165) is 38.4 Å². The van der Waals surface area contributed by atoms with Crippen LogP contribution in [0, 0.1) is 5.82 Å². The normalized spacial score (nSPS) is 14.2. The van der Waals surface area contributed by atoms with Crippen LogP contribution in [0.3, 0.4) is 0 Å². The van der Waals surface area contributed by atoms with Crippen LogP contribution in [0.15, 0.2) is 53.3 Å². The van der Waals surface area contributed by atoms with Crippen molar-refractivity contribution >= 4 is 5.91 Å². The van der Waals surface area contributed by atoms with Gasteiger partial charge in [-0.3, -0.25) is 14.5 Å². The molecule has 3 aromatic rings. The number of ether oxygens (including phenoxy) is 1. The van der Waals surface area contributed by atoms with Crippen LogP contribution in [-0.4, -0.2) is 52.2 Å². The number of aromatic nitrogens is 2. The SMILES string of the molecule is O=C(NCc1ccc(F)cc1)c1nc(-c2ccc(CN3CCOCC3)cc2)[nH]c(=O)c1CO. The van der Waals surface area contributed by atoms with Crippen molar-refractivity contribution in [3.8, 4) is 11.4 Å². The maximum absolute atomic E-state index is 13.1. The van der Waals surface area contributed by atoms with Crippen LogP contribution in [0.4, 0.5) is 4.39 Å². The molecule has 0 spiro atoms. The molecule has 2 aromatic carbocycles. The molecule has 4 rings (SSSR count). The summed E-state index contributed by atoms with van der Waals surface area (Å²) in [5.74, 6) is -0.730. The molecule has 1 fully saturated rings. The zero-order valence-electron chi connectivity index (χ0n) is 18.0. The minimum absolute atomic E-state index is 0.112. The Morgan fingerprint density at radius 2 is 1.76 bits per heavy atom. The Morgan fingerprint density at radius 1 is 1.09 bits per heavy atom. The third-order valence-electron chi connectivity index (χ3n) is 5.49. The zero-order valence-corrected chi connectivity index (χ0v) is 18.0. The highest BCUT2D eigenvalue weighted by Crippen LogP contribution is 2.17. The summed E-state index contributed by atoms with van der Waals surface area (Å²) in [7, 11) is 0. The summed E-state index contributed by atoms with van der Waals surface area (Å²) in [6.07, 6.45) is 0.